The molecule has 10 bridgehead atoms. The number of allylic oxidation sites excluding steroid dienone is 2. The van der Waals surface area contributed by atoms with Gasteiger partial charge in [0.2, 0.25) is 0 Å². The van der Waals surface area contributed by atoms with Gasteiger partial charge in [0.15, 0.2) is 0 Å². The molecule has 312 valence electrons. The van der Waals surface area contributed by atoms with Crippen LogP contribution in [0.3, 0.4) is 0 Å². The molecule has 57 heavy (non-hydrogen) atoms. The first kappa shape index (κ1) is 39.7. The topological polar surface area (TPSA) is 194 Å². The highest BCUT2D eigenvalue weighted by atomic mass is 16.9. The van der Waals surface area contributed by atoms with Crippen molar-refractivity contribution in [1.29, 1.82) is 0 Å². The number of epoxide rings is 1. The number of rotatable bonds is 5. The molecule has 4 saturated heterocycles. The van der Waals surface area contributed by atoms with Crippen LogP contribution in [-0.2, 0) is 44.0 Å². The fourth-order valence-electron chi connectivity index (χ4n) is 13.0. The van der Waals surface area contributed by atoms with Crippen LogP contribution in [0, 0.1) is 47.3 Å². The third-order valence-corrected chi connectivity index (χ3v) is 15.8. The number of aliphatic hydroxyl groups is 5. The summed E-state index contributed by atoms with van der Waals surface area (Å²) in [6.45, 7) is 10.6. The fourth-order valence-corrected chi connectivity index (χ4v) is 13.0. The molecule has 1 spiro atoms. The Hall–Kier alpha value is -2.72. The summed E-state index contributed by atoms with van der Waals surface area (Å²) in [5.74, 6) is -6.33. The predicted octanol–water partition coefficient (Wildman–Crippen LogP) is 3.04. The minimum atomic E-state index is -2.21. The summed E-state index contributed by atoms with van der Waals surface area (Å²) in [6, 6.07) is 9.04. The number of carbonyl (C=O) groups excluding carboxylic acids is 2. The van der Waals surface area contributed by atoms with E-state index < -0.39 is 107 Å². The summed E-state index contributed by atoms with van der Waals surface area (Å²) in [5, 5.41) is 63.3. The van der Waals surface area contributed by atoms with Crippen LogP contribution in [0.5, 0.6) is 0 Å². The standard InChI is InChI=1S/C44H58O13/c1-22(2)18-32(47)52-29-14-10-11-15-31(46)53-34-23(3)19-30-41(34,50)38(48)40(21-45)36(54-40)33-37-43(51,39(6,49)20-26-16-17-28(29)24(26)4)35-25(5)42(30,33)57-44(55-35,56-37)27-12-8-7-9-13-27/h7-15,22-26,28-30,33-38,45,48-51H,16-21H2,1-6H3. The molecule has 4 saturated carbocycles. The Morgan fingerprint density at radius 2 is 1.68 bits per heavy atom. The molecule has 5 aliphatic heterocycles. The highest BCUT2D eigenvalue weighted by molar-refractivity contribution is 5.82. The zero-order chi connectivity index (χ0) is 40.7. The van der Waals surface area contributed by atoms with Crippen LogP contribution >= 0.6 is 0 Å². The second kappa shape index (κ2) is 13.1. The van der Waals surface area contributed by atoms with Crippen molar-refractivity contribution in [2.24, 2.45) is 47.3 Å². The summed E-state index contributed by atoms with van der Waals surface area (Å²) >= 11 is 0. The molecule has 4 aliphatic carbocycles. The van der Waals surface area contributed by atoms with Crippen molar-refractivity contribution in [1.82, 2.24) is 0 Å². The number of carbonyl (C=O) groups is 2. The lowest BCUT2D eigenvalue weighted by molar-refractivity contribution is -0.595. The first-order valence-corrected chi connectivity index (χ1v) is 20.9. The summed E-state index contributed by atoms with van der Waals surface area (Å²) in [6.07, 6.45) is 1.15. The van der Waals surface area contributed by atoms with E-state index in [0.29, 0.717) is 18.4 Å². The Morgan fingerprint density at radius 1 is 0.965 bits per heavy atom. The molecule has 0 aromatic heterocycles. The molecule has 9 aliphatic rings. The SMILES string of the molecule is CC(C)CC(=O)OC1C=CC=CC(=O)OC2C(C)CC3C2(O)C(O)C2(CO)OC2C2C4OC5(c6ccccc6)OC(C(C)C23O5)C4(O)C(C)(O)CC2CCC1C2C. The van der Waals surface area contributed by atoms with Gasteiger partial charge in [0, 0.05) is 41.7 Å². The van der Waals surface area contributed by atoms with Crippen LogP contribution in [0.25, 0.3) is 0 Å². The first-order valence-electron chi connectivity index (χ1n) is 20.9. The summed E-state index contributed by atoms with van der Waals surface area (Å²) in [4.78, 5) is 26.7. The highest BCUT2D eigenvalue weighted by Crippen LogP contribution is 2.75. The monoisotopic (exact) mass is 794 g/mol. The quantitative estimate of drug-likeness (QED) is 0.216. The van der Waals surface area contributed by atoms with E-state index in [1.807, 2.05) is 45.9 Å². The van der Waals surface area contributed by atoms with Gasteiger partial charge < -0.3 is 54.0 Å². The normalized spacial score (nSPS) is 53.3. The van der Waals surface area contributed by atoms with E-state index in [-0.39, 0.29) is 48.9 Å². The lowest BCUT2D eigenvalue weighted by Crippen LogP contribution is -2.89. The molecule has 19 unspecified atom stereocenters. The minimum Gasteiger partial charge on any atom is -0.458 e. The van der Waals surface area contributed by atoms with Gasteiger partial charge in [-0.25, -0.2) is 4.79 Å². The summed E-state index contributed by atoms with van der Waals surface area (Å²) in [7, 11) is 0. The number of hydrogen-bond donors (Lipinski definition) is 5. The average Bonchev–Trinajstić information content (AvgIpc) is 3.72. The van der Waals surface area contributed by atoms with Crippen LogP contribution in [0.1, 0.15) is 79.2 Å². The van der Waals surface area contributed by atoms with Crippen molar-refractivity contribution < 1.29 is 63.5 Å². The molecule has 13 nitrogen and oxygen atoms in total. The molecule has 5 N–H and O–H groups in total. The second-order valence-corrected chi connectivity index (χ2v) is 19.3. The molecule has 8 fully saturated rings. The van der Waals surface area contributed by atoms with Gasteiger partial charge in [0.1, 0.15) is 53.4 Å². The predicted molar refractivity (Wildman–Crippen MR) is 200 cm³/mol. The van der Waals surface area contributed by atoms with Crippen molar-refractivity contribution in [3.8, 4) is 0 Å². The van der Waals surface area contributed by atoms with Gasteiger partial charge in [-0.05, 0) is 62.4 Å². The first-order chi connectivity index (χ1) is 26.9. The lowest BCUT2D eigenvalue weighted by Gasteiger charge is -2.74. The third-order valence-electron chi connectivity index (χ3n) is 15.8. The van der Waals surface area contributed by atoms with E-state index in [9.17, 15) is 35.1 Å². The van der Waals surface area contributed by atoms with Gasteiger partial charge in [-0.3, -0.25) is 4.79 Å². The van der Waals surface area contributed by atoms with Crippen LogP contribution in [-0.4, -0.2) is 109 Å². The molecule has 1 aromatic carbocycles. The van der Waals surface area contributed by atoms with Crippen LogP contribution in [0.4, 0.5) is 0 Å². The molecule has 0 amide bonds. The minimum absolute atomic E-state index is 0.0620. The van der Waals surface area contributed by atoms with Crippen LogP contribution in [0.15, 0.2) is 54.6 Å². The van der Waals surface area contributed by atoms with Gasteiger partial charge in [0.05, 0.1) is 17.8 Å². The molecule has 13 heteroatoms. The zero-order valence-electron chi connectivity index (χ0n) is 33.5. The number of aliphatic hydroxyl groups excluding tert-OH is 2. The molecule has 0 radical (unpaired) electrons. The molecule has 1 aromatic rings. The molecule has 5 heterocycles. The van der Waals surface area contributed by atoms with E-state index in [2.05, 4.69) is 6.92 Å². The van der Waals surface area contributed by atoms with Crippen molar-refractivity contribution in [3.05, 3.63) is 60.2 Å². The maximum atomic E-state index is 13.7. The van der Waals surface area contributed by atoms with Gasteiger partial charge in [-0.1, -0.05) is 77.1 Å². The van der Waals surface area contributed by atoms with Gasteiger partial charge in [-0.15, -0.1) is 0 Å². The summed E-state index contributed by atoms with van der Waals surface area (Å²) < 4.78 is 39.5. The van der Waals surface area contributed by atoms with Crippen molar-refractivity contribution in [2.45, 2.75) is 144 Å². The molecular formula is C44H58O13. The van der Waals surface area contributed by atoms with Gasteiger partial charge in [-0.2, -0.15) is 0 Å². The lowest BCUT2D eigenvalue weighted by atomic mass is 9.49. The molecule has 10 rings (SSSR count). The van der Waals surface area contributed by atoms with Gasteiger partial charge >= 0.3 is 17.9 Å². The number of benzene rings is 1. The van der Waals surface area contributed by atoms with E-state index in [1.165, 1.54) is 12.2 Å². The molecular weight excluding hydrogens is 736 g/mol. The van der Waals surface area contributed by atoms with E-state index in [1.54, 1.807) is 31.2 Å². The van der Waals surface area contributed by atoms with Crippen molar-refractivity contribution in [2.75, 3.05) is 6.61 Å². The number of esters is 2. The highest BCUT2D eigenvalue weighted by Gasteiger charge is 2.91. The van der Waals surface area contributed by atoms with E-state index in [4.69, 9.17) is 28.4 Å². The van der Waals surface area contributed by atoms with Crippen LogP contribution < -0.4 is 0 Å². The second-order valence-electron chi connectivity index (χ2n) is 19.3. The zero-order valence-corrected chi connectivity index (χ0v) is 33.5. The number of fused-ring (bicyclic) bond motifs is 3. The smallest absolute Gasteiger partial charge is 0.331 e. The third kappa shape index (κ3) is 5.26. The van der Waals surface area contributed by atoms with E-state index in [0.717, 1.165) is 0 Å². The Labute approximate surface area is 333 Å². The Balaban J connectivity index is 1.22. The average molecular weight is 795 g/mol. The Bertz CT molecular complexity index is 1830. The van der Waals surface area contributed by atoms with Crippen LogP contribution in [0.2, 0.25) is 0 Å². The Morgan fingerprint density at radius 3 is 2.39 bits per heavy atom. The van der Waals surface area contributed by atoms with Gasteiger partial charge in [0.25, 0.3) is 0 Å². The van der Waals surface area contributed by atoms with Crippen molar-refractivity contribution >= 4 is 11.9 Å². The largest absolute Gasteiger partial charge is 0.458 e. The molecule has 19 atom stereocenters. The number of hydrogen-bond acceptors (Lipinski definition) is 13. The number of ether oxygens (including phenoxy) is 6. The summed E-state index contributed by atoms with van der Waals surface area (Å²) in [5.41, 5.74) is -8.82. The maximum Gasteiger partial charge on any atom is 0.331 e. The Kier molecular flexibility index (Phi) is 9.16. The van der Waals surface area contributed by atoms with E-state index >= 15 is 0 Å². The maximum absolute atomic E-state index is 13.7. The van der Waals surface area contributed by atoms with Crippen molar-refractivity contribution in [3.63, 3.8) is 0 Å². The fraction of sp³-hybridized carbons (Fsp3) is 0.727.